The zero-order chi connectivity index (χ0) is 13.9. The number of hydrogen-bond acceptors (Lipinski definition) is 2. The molecule has 1 aliphatic heterocycles. The second kappa shape index (κ2) is 5.59. The number of amides is 2. The van der Waals surface area contributed by atoms with Gasteiger partial charge >= 0.3 is 6.03 Å². The average molecular weight is 291 g/mol. The fourth-order valence-corrected chi connectivity index (χ4v) is 2.74. The quantitative estimate of drug-likeness (QED) is 0.896. The highest BCUT2D eigenvalue weighted by Gasteiger charge is 2.31. The van der Waals surface area contributed by atoms with Crippen LogP contribution in [0.3, 0.4) is 0 Å². The van der Waals surface area contributed by atoms with Crippen LogP contribution in [0.1, 0.15) is 24.6 Å². The van der Waals surface area contributed by atoms with Crippen LogP contribution >= 0.6 is 11.6 Å². The number of rotatable bonds is 2. The summed E-state index contributed by atoms with van der Waals surface area (Å²) in [7, 11) is 0. The van der Waals surface area contributed by atoms with Crippen molar-refractivity contribution in [2.24, 2.45) is 0 Å². The zero-order valence-electron chi connectivity index (χ0n) is 10.9. The highest BCUT2D eigenvalue weighted by molar-refractivity contribution is 6.30. The maximum Gasteiger partial charge on any atom is 0.322 e. The number of anilines is 1. The second-order valence-corrected chi connectivity index (χ2v) is 5.24. The summed E-state index contributed by atoms with van der Waals surface area (Å²) in [6.45, 7) is 0.734. The molecule has 0 radical (unpaired) electrons. The van der Waals surface area contributed by atoms with E-state index in [9.17, 15) is 4.79 Å². The van der Waals surface area contributed by atoms with Crippen LogP contribution in [0, 0.1) is 0 Å². The van der Waals surface area contributed by atoms with E-state index in [4.69, 9.17) is 16.0 Å². The third-order valence-electron chi connectivity index (χ3n) is 3.46. The molecule has 1 N–H and O–H groups in total. The third kappa shape index (κ3) is 2.65. The minimum Gasteiger partial charge on any atom is -0.467 e. The van der Waals surface area contributed by atoms with Gasteiger partial charge in [-0.15, -0.1) is 0 Å². The van der Waals surface area contributed by atoms with Crippen LogP contribution in [0.15, 0.2) is 47.1 Å². The van der Waals surface area contributed by atoms with Gasteiger partial charge in [0.15, 0.2) is 0 Å². The predicted octanol–water partition coefficient (Wildman–Crippen LogP) is 4.30. The molecule has 104 valence electrons. The molecule has 20 heavy (non-hydrogen) atoms. The van der Waals surface area contributed by atoms with E-state index >= 15 is 0 Å². The van der Waals surface area contributed by atoms with Crippen LogP contribution in [0.5, 0.6) is 0 Å². The van der Waals surface area contributed by atoms with Crippen molar-refractivity contribution in [2.75, 3.05) is 11.9 Å². The number of likely N-dealkylation sites (tertiary alicyclic amines) is 1. The number of furan rings is 1. The lowest BCUT2D eigenvalue weighted by Crippen LogP contribution is -2.34. The normalized spacial score (nSPS) is 18.2. The number of carbonyl (C=O) groups is 1. The fraction of sp³-hybridized carbons (Fsp3) is 0.267. The van der Waals surface area contributed by atoms with Crippen LogP contribution in [0.2, 0.25) is 5.02 Å². The van der Waals surface area contributed by atoms with Gasteiger partial charge in [-0.2, -0.15) is 0 Å². The SMILES string of the molecule is O=C(Nc1cccc(Cl)c1)N1CCCC1c1ccco1. The van der Waals surface area contributed by atoms with Crippen molar-refractivity contribution < 1.29 is 9.21 Å². The summed E-state index contributed by atoms with van der Waals surface area (Å²) in [6, 6.07) is 10.8. The lowest BCUT2D eigenvalue weighted by Gasteiger charge is -2.23. The lowest BCUT2D eigenvalue weighted by atomic mass is 10.2. The smallest absolute Gasteiger partial charge is 0.322 e. The molecule has 1 aliphatic rings. The second-order valence-electron chi connectivity index (χ2n) is 4.81. The van der Waals surface area contributed by atoms with E-state index in [1.807, 2.05) is 24.3 Å². The van der Waals surface area contributed by atoms with E-state index in [1.165, 1.54) is 0 Å². The van der Waals surface area contributed by atoms with Crippen LogP contribution in [0.25, 0.3) is 0 Å². The van der Waals surface area contributed by atoms with Crippen molar-refractivity contribution >= 4 is 23.3 Å². The topological polar surface area (TPSA) is 45.5 Å². The molecule has 3 rings (SSSR count). The molecular weight excluding hydrogens is 276 g/mol. The average Bonchev–Trinajstić information content (AvgIpc) is 3.09. The number of urea groups is 1. The monoisotopic (exact) mass is 290 g/mol. The van der Waals surface area contributed by atoms with Crippen molar-refractivity contribution in [3.63, 3.8) is 0 Å². The molecule has 5 heteroatoms. The molecule has 2 aromatic rings. The van der Waals surface area contributed by atoms with E-state index in [-0.39, 0.29) is 12.1 Å². The summed E-state index contributed by atoms with van der Waals surface area (Å²) >= 11 is 5.92. The van der Waals surface area contributed by atoms with Gasteiger partial charge in [0, 0.05) is 17.3 Å². The summed E-state index contributed by atoms with van der Waals surface area (Å²) in [4.78, 5) is 14.2. The Bertz CT molecular complexity index is 598. The van der Waals surface area contributed by atoms with Gasteiger partial charge in [0.1, 0.15) is 5.76 Å². The number of benzene rings is 1. The Hall–Kier alpha value is -1.94. The summed E-state index contributed by atoms with van der Waals surface area (Å²) in [6.07, 6.45) is 3.55. The molecule has 0 spiro atoms. The molecule has 4 nitrogen and oxygen atoms in total. The van der Waals surface area contributed by atoms with Crippen molar-refractivity contribution in [1.29, 1.82) is 0 Å². The Morgan fingerprint density at radius 1 is 1.35 bits per heavy atom. The molecule has 2 amide bonds. The van der Waals surface area contributed by atoms with Gasteiger partial charge in [0.25, 0.3) is 0 Å². The molecule has 1 unspecified atom stereocenters. The molecule has 1 aromatic heterocycles. The van der Waals surface area contributed by atoms with Gasteiger partial charge in [0.05, 0.1) is 12.3 Å². The van der Waals surface area contributed by atoms with E-state index in [0.29, 0.717) is 10.7 Å². The minimum absolute atomic E-state index is 0.0178. The van der Waals surface area contributed by atoms with Gasteiger partial charge in [-0.05, 0) is 43.2 Å². The Labute approximate surface area is 122 Å². The first kappa shape index (κ1) is 13.1. The Balaban J connectivity index is 1.73. The maximum atomic E-state index is 12.4. The minimum atomic E-state index is -0.119. The van der Waals surface area contributed by atoms with Crippen molar-refractivity contribution in [3.8, 4) is 0 Å². The molecule has 0 aliphatic carbocycles. The Morgan fingerprint density at radius 2 is 2.25 bits per heavy atom. The van der Waals surface area contributed by atoms with Gasteiger partial charge in [-0.25, -0.2) is 4.79 Å². The van der Waals surface area contributed by atoms with Gasteiger partial charge in [-0.3, -0.25) is 0 Å². The summed E-state index contributed by atoms with van der Waals surface area (Å²) in [5, 5.41) is 3.48. The zero-order valence-corrected chi connectivity index (χ0v) is 11.6. The van der Waals surface area contributed by atoms with Crippen LogP contribution in [0.4, 0.5) is 10.5 Å². The molecular formula is C15H15ClN2O2. The van der Waals surface area contributed by atoms with E-state index in [0.717, 1.165) is 25.1 Å². The lowest BCUT2D eigenvalue weighted by molar-refractivity contribution is 0.200. The molecule has 1 saturated heterocycles. The molecule has 1 fully saturated rings. The first-order valence-corrected chi connectivity index (χ1v) is 6.98. The molecule has 2 heterocycles. The fourth-order valence-electron chi connectivity index (χ4n) is 2.55. The van der Waals surface area contributed by atoms with Crippen molar-refractivity contribution in [3.05, 3.63) is 53.4 Å². The van der Waals surface area contributed by atoms with E-state index in [1.54, 1.807) is 23.3 Å². The molecule has 1 atom stereocenters. The summed E-state index contributed by atoms with van der Waals surface area (Å²) in [5.74, 6) is 0.837. The maximum absolute atomic E-state index is 12.4. The van der Waals surface area contributed by atoms with Gasteiger partial charge in [0.2, 0.25) is 0 Å². The van der Waals surface area contributed by atoms with Crippen LogP contribution < -0.4 is 5.32 Å². The summed E-state index contributed by atoms with van der Waals surface area (Å²) < 4.78 is 5.42. The number of nitrogens with one attached hydrogen (secondary N) is 1. The standard InChI is InChI=1S/C15H15ClN2O2/c16-11-4-1-5-12(10-11)17-15(19)18-8-2-6-13(18)14-7-3-9-20-14/h1,3-5,7,9-10,13H,2,6,8H2,(H,17,19). The first-order chi connectivity index (χ1) is 9.74. The van der Waals surface area contributed by atoms with E-state index < -0.39 is 0 Å². The number of hydrogen-bond donors (Lipinski definition) is 1. The van der Waals surface area contributed by atoms with Crippen LogP contribution in [-0.4, -0.2) is 17.5 Å². The third-order valence-corrected chi connectivity index (χ3v) is 3.70. The molecule has 0 saturated carbocycles. The number of halogens is 1. The first-order valence-electron chi connectivity index (χ1n) is 6.60. The molecule has 1 aromatic carbocycles. The van der Waals surface area contributed by atoms with Crippen molar-refractivity contribution in [1.82, 2.24) is 4.90 Å². The Morgan fingerprint density at radius 3 is 3.00 bits per heavy atom. The van der Waals surface area contributed by atoms with Crippen molar-refractivity contribution in [2.45, 2.75) is 18.9 Å². The Kier molecular flexibility index (Phi) is 3.65. The van der Waals surface area contributed by atoms with Gasteiger partial charge in [-0.1, -0.05) is 17.7 Å². The van der Waals surface area contributed by atoms with Gasteiger partial charge < -0.3 is 14.6 Å². The predicted molar refractivity (Wildman–Crippen MR) is 77.9 cm³/mol. The largest absolute Gasteiger partial charge is 0.467 e. The number of carbonyl (C=O) groups excluding carboxylic acids is 1. The number of nitrogens with zero attached hydrogens (tertiary/aromatic N) is 1. The summed E-state index contributed by atoms with van der Waals surface area (Å²) in [5.41, 5.74) is 0.701. The molecule has 0 bridgehead atoms. The van der Waals surface area contributed by atoms with E-state index in [2.05, 4.69) is 5.32 Å². The van der Waals surface area contributed by atoms with Crippen LogP contribution in [-0.2, 0) is 0 Å². The highest BCUT2D eigenvalue weighted by Crippen LogP contribution is 2.32. The highest BCUT2D eigenvalue weighted by atomic mass is 35.5.